The smallest absolute Gasteiger partial charge is 0.418 e. The minimum atomic E-state index is -4.82. The van der Waals surface area contributed by atoms with Crippen molar-refractivity contribution in [1.29, 1.82) is 5.41 Å². The highest BCUT2D eigenvalue weighted by molar-refractivity contribution is 6.34. The van der Waals surface area contributed by atoms with E-state index in [1.54, 1.807) is 0 Å². The van der Waals surface area contributed by atoms with Gasteiger partial charge in [-0.2, -0.15) is 13.2 Å². The average Bonchev–Trinajstić information content (AvgIpc) is 2.80. The van der Waals surface area contributed by atoms with Crippen molar-refractivity contribution in [1.82, 2.24) is 10.3 Å². The Morgan fingerprint density at radius 1 is 1.08 bits per heavy atom. The Kier molecular flexibility index (Phi) is 10.9. The van der Waals surface area contributed by atoms with E-state index in [0.717, 1.165) is 23.1 Å². The molecule has 2 aromatic rings. The van der Waals surface area contributed by atoms with Gasteiger partial charge in [-0.25, -0.2) is 10.4 Å². The monoisotopic (exact) mass is 576 g/mol. The largest absolute Gasteiger partial charge is 0.480 e. The van der Waals surface area contributed by atoms with Crippen molar-refractivity contribution in [3.8, 4) is 0 Å². The second kappa shape index (κ2) is 13.4. The first-order valence-corrected chi connectivity index (χ1v) is 11.8. The number of guanidine groups is 1. The van der Waals surface area contributed by atoms with Crippen LogP contribution in [0.2, 0.25) is 10.0 Å². The number of halogens is 5. The standard InChI is InChI=1S/C23H25Cl2F3N6O4/c24-14-8-13(9-15(25)10-14)12-32-34(18-6-2-1-4-16(18)23(26,27)28)20(36)11-19(35)33(22(30)31)7-3-5-17(29)21(37)38/h1-2,4,6,8-10,17,32H,3,5,7,11-12,29H2,(H3,30,31)(H,37,38). The van der Waals surface area contributed by atoms with E-state index in [-0.39, 0.29) is 36.0 Å². The van der Waals surface area contributed by atoms with Gasteiger partial charge in [0, 0.05) is 23.1 Å². The lowest BCUT2D eigenvalue weighted by atomic mass is 10.1. The number of nitrogens with one attached hydrogen (secondary N) is 2. The molecule has 0 saturated heterocycles. The van der Waals surface area contributed by atoms with E-state index in [0.29, 0.717) is 10.6 Å². The minimum Gasteiger partial charge on any atom is -0.480 e. The summed E-state index contributed by atoms with van der Waals surface area (Å²) in [5.74, 6) is -4.04. The summed E-state index contributed by atoms with van der Waals surface area (Å²) < 4.78 is 41.2. The van der Waals surface area contributed by atoms with Crippen LogP contribution < -0.4 is 21.9 Å². The van der Waals surface area contributed by atoms with Gasteiger partial charge in [-0.1, -0.05) is 35.3 Å². The van der Waals surface area contributed by atoms with Gasteiger partial charge in [0.25, 0.3) is 5.91 Å². The predicted molar refractivity (Wildman–Crippen MR) is 135 cm³/mol. The highest BCUT2D eigenvalue weighted by Gasteiger charge is 2.36. The molecule has 0 spiro atoms. The maximum atomic E-state index is 13.7. The Morgan fingerprint density at radius 3 is 2.24 bits per heavy atom. The number of anilines is 1. The number of carboxylic acid groups (broad SMARTS) is 1. The number of nitrogens with zero attached hydrogens (tertiary/aromatic N) is 2. The van der Waals surface area contributed by atoms with Gasteiger partial charge in [0.2, 0.25) is 5.91 Å². The van der Waals surface area contributed by atoms with E-state index < -0.39 is 53.6 Å². The maximum absolute atomic E-state index is 13.7. The molecule has 2 amide bonds. The fourth-order valence-electron chi connectivity index (χ4n) is 3.38. The first kappa shape index (κ1) is 30.8. The number of nitrogens with two attached hydrogens (primary N) is 2. The Labute approximate surface area is 225 Å². The van der Waals surface area contributed by atoms with Crippen LogP contribution in [0.15, 0.2) is 42.5 Å². The lowest BCUT2D eigenvalue weighted by Crippen LogP contribution is -2.48. The first-order valence-electron chi connectivity index (χ1n) is 11.0. The van der Waals surface area contributed by atoms with Gasteiger partial charge in [-0.15, -0.1) is 0 Å². The Bertz CT molecular complexity index is 1180. The molecule has 15 heteroatoms. The van der Waals surface area contributed by atoms with Gasteiger partial charge in [0.15, 0.2) is 5.96 Å². The van der Waals surface area contributed by atoms with Crippen LogP contribution in [0.3, 0.4) is 0 Å². The molecule has 1 unspecified atom stereocenters. The number of carbonyl (C=O) groups excluding carboxylic acids is 2. The fourth-order valence-corrected chi connectivity index (χ4v) is 3.95. The summed E-state index contributed by atoms with van der Waals surface area (Å²) in [4.78, 5) is 37.6. The van der Waals surface area contributed by atoms with Crippen LogP contribution in [0, 0.1) is 5.41 Å². The molecule has 0 bridgehead atoms. The Morgan fingerprint density at radius 2 is 1.68 bits per heavy atom. The molecule has 2 aromatic carbocycles. The lowest BCUT2D eigenvalue weighted by Gasteiger charge is -2.28. The van der Waals surface area contributed by atoms with Gasteiger partial charge in [-0.05, 0) is 48.7 Å². The van der Waals surface area contributed by atoms with Crippen molar-refractivity contribution in [2.75, 3.05) is 11.6 Å². The molecule has 206 valence electrons. The number of hydrazine groups is 1. The number of para-hydroxylation sites is 1. The second-order valence-corrected chi connectivity index (χ2v) is 8.92. The lowest BCUT2D eigenvalue weighted by molar-refractivity contribution is -0.139. The van der Waals surface area contributed by atoms with Crippen LogP contribution in [-0.2, 0) is 27.1 Å². The number of alkyl halides is 3. The molecule has 2 rings (SSSR count). The summed E-state index contributed by atoms with van der Waals surface area (Å²) in [5, 5.41) is 17.6. The molecule has 1 atom stereocenters. The topological polar surface area (TPSA) is 166 Å². The summed E-state index contributed by atoms with van der Waals surface area (Å²) in [6.07, 6.45) is -5.79. The van der Waals surface area contributed by atoms with Crippen molar-refractivity contribution in [3.63, 3.8) is 0 Å². The average molecular weight is 577 g/mol. The third-order valence-corrected chi connectivity index (χ3v) is 5.61. The number of aliphatic carboxylic acids is 1. The second-order valence-electron chi connectivity index (χ2n) is 8.05. The van der Waals surface area contributed by atoms with E-state index in [9.17, 15) is 27.6 Å². The molecule has 0 fully saturated rings. The number of carboxylic acids is 1. The van der Waals surface area contributed by atoms with Crippen LogP contribution in [0.1, 0.15) is 30.4 Å². The van der Waals surface area contributed by atoms with Gasteiger partial charge < -0.3 is 16.6 Å². The number of hydrogen-bond acceptors (Lipinski definition) is 6. The summed E-state index contributed by atoms with van der Waals surface area (Å²) in [6, 6.07) is 7.49. The van der Waals surface area contributed by atoms with E-state index in [4.69, 9.17) is 45.2 Å². The summed E-state index contributed by atoms with van der Waals surface area (Å²) >= 11 is 12.0. The maximum Gasteiger partial charge on any atom is 0.418 e. The third kappa shape index (κ3) is 8.87. The Balaban J connectivity index is 2.30. The molecule has 0 radical (unpaired) electrons. The zero-order chi connectivity index (χ0) is 28.6. The first-order chi connectivity index (χ1) is 17.7. The van der Waals surface area contributed by atoms with Crippen LogP contribution in [0.25, 0.3) is 0 Å². The molecule has 0 aliphatic carbocycles. The van der Waals surface area contributed by atoms with Crippen LogP contribution in [-0.4, -0.2) is 46.3 Å². The molecular weight excluding hydrogens is 552 g/mol. The molecular formula is C23H25Cl2F3N6O4. The van der Waals surface area contributed by atoms with Gasteiger partial charge >= 0.3 is 12.1 Å². The molecule has 0 aliphatic rings. The van der Waals surface area contributed by atoms with E-state index in [2.05, 4.69) is 5.43 Å². The van der Waals surface area contributed by atoms with E-state index in [1.807, 2.05) is 0 Å². The molecule has 7 N–H and O–H groups in total. The number of amides is 2. The summed E-state index contributed by atoms with van der Waals surface area (Å²) in [7, 11) is 0. The van der Waals surface area contributed by atoms with Crippen LogP contribution in [0.5, 0.6) is 0 Å². The molecule has 0 saturated carbocycles. The van der Waals surface area contributed by atoms with E-state index >= 15 is 0 Å². The van der Waals surface area contributed by atoms with Crippen molar-refractivity contribution in [2.24, 2.45) is 11.5 Å². The molecule has 0 aromatic heterocycles. The highest BCUT2D eigenvalue weighted by Crippen LogP contribution is 2.36. The number of carbonyl (C=O) groups is 3. The van der Waals surface area contributed by atoms with Crippen LogP contribution >= 0.6 is 23.2 Å². The third-order valence-electron chi connectivity index (χ3n) is 5.17. The van der Waals surface area contributed by atoms with Crippen molar-refractivity contribution in [3.05, 3.63) is 63.6 Å². The van der Waals surface area contributed by atoms with Gasteiger partial charge in [0.1, 0.15) is 12.5 Å². The number of rotatable bonds is 11. The minimum absolute atomic E-state index is 0.0430. The van der Waals surface area contributed by atoms with Crippen molar-refractivity contribution < 1.29 is 32.7 Å². The zero-order valence-electron chi connectivity index (χ0n) is 19.8. The zero-order valence-corrected chi connectivity index (χ0v) is 21.3. The predicted octanol–water partition coefficient (Wildman–Crippen LogP) is 3.35. The summed E-state index contributed by atoms with van der Waals surface area (Å²) in [5.41, 5.74) is 12.2. The van der Waals surface area contributed by atoms with Gasteiger partial charge in [0.05, 0.1) is 11.3 Å². The van der Waals surface area contributed by atoms with Gasteiger partial charge in [-0.3, -0.25) is 24.7 Å². The van der Waals surface area contributed by atoms with E-state index in [1.165, 1.54) is 24.3 Å². The number of hydrogen-bond donors (Lipinski definition) is 5. The highest BCUT2D eigenvalue weighted by atomic mass is 35.5. The van der Waals surface area contributed by atoms with Crippen LogP contribution in [0.4, 0.5) is 18.9 Å². The number of benzene rings is 2. The SMILES string of the molecule is N=C(N)N(CCCC(N)C(=O)O)C(=O)CC(=O)N(NCc1cc(Cl)cc(Cl)c1)c1ccccc1C(F)(F)F. The molecule has 38 heavy (non-hydrogen) atoms. The summed E-state index contributed by atoms with van der Waals surface area (Å²) in [6.45, 7) is -0.411. The van der Waals surface area contributed by atoms with Crippen molar-refractivity contribution in [2.45, 2.75) is 38.0 Å². The molecule has 0 aliphatic heterocycles. The normalized spacial score (nSPS) is 12.1. The van der Waals surface area contributed by atoms with Crippen molar-refractivity contribution >= 4 is 52.6 Å². The molecule has 10 nitrogen and oxygen atoms in total. The quantitative estimate of drug-likeness (QED) is 0.118. The Hall–Kier alpha value is -3.39. The molecule has 0 heterocycles. The fraction of sp³-hybridized carbons (Fsp3) is 0.304.